The van der Waals surface area contributed by atoms with Gasteiger partial charge in [-0.05, 0) is 35.4 Å². The number of carbonyl (C=O) groups excluding carboxylic acids is 1. The Kier molecular flexibility index (Phi) is 7.54. The highest BCUT2D eigenvalue weighted by Gasteiger charge is 2.24. The van der Waals surface area contributed by atoms with Gasteiger partial charge in [0.05, 0.1) is 11.8 Å². The zero-order valence-electron chi connectivity index (χ0n) is 18.2. The van der Waals surface area contributed by atoms with Gasteiger partial charge in [0.2, 0.25) is 11.8 Å². The van der Waals surface area contributed by atoms with Crippen LogP contribution in [0.2, 0.25) is 0 Å². The van der Waals surface area contributed by atoms with Crippen LogP contribution in [0.25, 0.3) is 11.5 Å². The Morgan fingerprint density at radius 2 is 1.53 bits per heavy atom. The van der Waals surface area contributed by atoms with Crippen molar-refractivity contribution in [3.05, 3.63) is 96.1 Å². The molecule has 34 heavy (non-hydrogen) atoms. The Balaban J connectivity index is 1.42. The van der Waals surface area contributed by atoms with Gasteiger partial charge in [-0.1, -0.05) is 72.4 Å². The van der Waals surface area contributed by atoms with Crippen LogP contribution in [0.1, 0.15) is 17.2 Å². The third kappa shape index (κ3) is 5.79. The average Bonchev–Trinajstić information content (AvgIpc) is 3.33. The quantitative estimate of drug-likeness (QED) is 0.287. The molecule has 0 aliphatic rings. The molecule has 0 N–H and O–H groups in total. The maximum absolute atomic E-state index is 13.0. The molecule has 0 unspecified atom stereocenters. The van der Waals surface area contributed by atoms with Gasteiger partial charge in [0.15, 0.2) is 0 Å². The van der Waals surface area contributed by atoms with E-state index < -0.39 is 6.61 Å². The summed E-state index contributed by atoms with van der Waals surface area (Å²) in [5.74, 6) is 0.261. The molecule has 9 heteroatoms. The summed E-state index contributed by atoms with van der Waals surface area (Å²) >= 11 is 1.14. The molecule has 0 radical (unpaired) electrons. The number of amides is 1. The molecule has 0 fully saturated rings. The van der Waals surface area contributed by atoms with E-state index in [9.17, 15) is 13.6 Å². The van der Waals surface area contributed by atoms with E-state index in [4.69, 9.17) is 4.42 Å². The van der Waals surface area contributed by atoms with Crippen LogP contribution in [-0.2, 0) is 4.79 Å². The van der Waals surface area contributed by atoms with Gasteiger partial charge in [0.25, 0.3) is 5.22 Å². The van der Waals surface area contributed by atoms with E-state index in [1.807, 2.05) is 60.7 Å². The monoisotopic (exact) mass is 481 g/mol. The Morgan fingerprint density at radius 3 is 2.09 bits per heavy atom. The molecule has 0 bridgehead atoms. The molecule has 0 saturated heterocycles. The van der Waals surface area contributed by atoms with Crippen molar-refractivity contribution in [1.82, 2.24) is 15.1 Å². The van der Waals surface area contributed by atoms with Gasteiger partial charge in [-0.25, -0.2) is 0 Å². The Labute approximate surface area is 199 Å². The molecule has 6 nitrogen and oxygen atoms in total. The second-order valence-electron chi connectivity index (χ2n) is 7.29. The summed E-state index contributed by atoms with van der Waals surface area (Å²) in [6.45, 7) is -2.89. The van der Waals surface area contributed by atoms with Crippen molar-refractivity contribution in [3.8, 4) is 17.2 Å². The minimum Gasteiger partial charge on any atom is -0.435 e. The summed E-state index contributed by atoms with van der Waals surface area (Å²) in [5, 5.41) is 8.20. The lowest BCUT2D eigenvalue weighted by Gasteiger charge is -2.29. The molecular weight excluding hydrogens is 460 g/mol. The van der Waals surface area contributed by atoms with Crippen molar-refractivity contribution in [2.45, 2.75) is 17.9 Å². The van der Waals surface area contributed by atoms with Crippen LogP contribution in [0.4, 0.5) is 8.78 Å². The fourth-order valence-corrected chi connectivity index (χ4v) is 4.13. The molecule has 1 heterocycles. The molecule has 0 atom stereocenters. The number of aromatic nitrogens is 2. The van der Waals surface area contributed by atoms with E-state index in [-0.39, 0.29) is 34.6 Å². The van der Waals surface area contributed by atoms with E-state index in [0.29, 0.717) is 5.56 Å². The lowest BCUT2D eigenvalue weighted by atomic mass is 9.97. The van der Waals surface area contributed by atoms with Gasteiger partial charge in [0.1, 0.15) is 5.75 Å². The molecule has 0 aliphatic carbocycles. The van der Waals surface area contributed by atoms with Crippen LogP contribution in [0, 0.1) is 0 Å². The topological polar surface area (TPSA) is 68.5 Å². The predicted molar refractivity (Wildman–Crippen MR) is 125 cm³/mol. The molecule has 1 amide bonds. The molecule has 174 valence electrons. The number of carbonyl (C=O) groups is 1. The highest BCUT2D eigenvalue weighted by Crippen LogP contribution is 2.29. The summed E-state index contributed by atoms with van der Waals surface area (Å²) in [5.41, 5.74) is 2.57. The van der Waals surface area contributed by atoms with E-state index in [0.717, 1.165) is 22.9 Å². The van der Waals surface area contributed by atoms with Gasteiger partial charge in [-0.3, -0.25) is 4.79 Å². The van der Waals surface area contributed by atoms with E-state index >= 15 is 0 Å². The third-order valence-corrected chi connectivity index (χ3v) is 5.87. The summed E-state index contributed by atoms with van der Waals surface area (Å²) in [6, 6.07) is 25.3. The molecule has 0 saturated carbocycles. The number of rotatable bonds is 9. The summed E-state index contributed by atoms with van der Waals surface area (Å²) < 4.78 is 34.6. The number of nitrogens with zero attached hydrogens (tertiary/aromatic N) is 3. The number of thioether (sulfide) groups is 1. The van der Waals surface area contributed by atoms with Crippen LogP contribution in [0.3, 0.4) is 0 Å². The second kappa shape index (κ2) is 10.9. The number of benzene rings is 3. The van der Waals surface area contributed by atoms with Crippen molar-refractivity contribution >= 4 is 17.7 Å². The number of hydrogen-bond donors (Lipinski definition) is 0. The second-order valence-corrected chi connectivity index (χ2v) is 8.22. The fourth-order valence-electron chi connectivity index (χ4n) is 3.44. The maximum Gasteiger partial charge on any atom is 0.387 e. The Bertz CT molecular complexity index is 1170. The largest absolute Gasteiger partial charge is 0.435 e. The summed E-state index contributed by atoms with van der Waals surface area (Å²) in [7, 11) is 1.77. The molecule has 4 rings (SSSR count). The molecule has 0 aliphatic heterocycles. The SMILES string of the molecule is CN(C(=O)CSc1nnc(-c2ccc(OC(F)F)cc2)o1)C(c1ccccc1)c1ccccc1. The van der Waals surface area contributed by atoms with Gasteiger partial charge in [-0.15, -0.1) is 10.2 Å². The van der Waals surface area contributed by atoms with Gasteiger partial charge >= 0.3 is 6.61 Å². The van der Waals surface area contributed by atoms with E-state index in [1.54, 1.807) is 24.1 Å². The normalized spacial score (nSPS) is 11.1. The van der Waals surface area contributed by atoms with E-state index in [1.165, 1.54) is 12.1 Å². The minimum atomic E-state index is -2.89. The van der Waals surface area contributed by atoms with Crippen molar-refractivity contribution in [2.75, 3.05) is 12.8 Å². The van der Waals surface area contributed by atoms with Crippen LogP contribution in [-0.4, -0.2) is 40.4 Å². The van der Waals surface area contributed by atoms with Crippen molar-refractivity contribution in [1.29, 1.82) is 0 Å². The highest BCUT2D eigenvalue weighted by atomic mass is 32.2. The van der Waals surface area contributed by atoms with Crippen molar-refractivity contribution in [3.63, 3.8) is 0 Å². The number of halogens is 2. The zero-order valence-corrected chi connectivity index (χ0v) is 19.0. The van der Waals surface area contributed by atoms with Crippen LogP contribution in [0.15, 0.2) is 94.6 Å². The van der Waals surface area contributed by atoms with Gasteiger partial charge in [-0.2, -0.15) is 8.78 Å². The average molecular weight is 482 g/mol. The van der Waals surface area contributed by atoms with Gasteiger partial charge in [0, 0.05) is 12.6 Å². The lowest BCUT2D eigenvalue weighted by molar-refractivity contribution is -0.128. The summed E-state index contributed by atoms with van der Waals surface area (Å²) in [6.07, 6.45) is 0. The number of alkyl halides is 2. The molecule has 4 aromatic rings. The van der Waals surface area contributed by atoms with Crippen molar-refractivity contribution < 1.29 is 22.7 Å². The van der Waals surface area contributed by atoms with Crippen LogP contribution in [0.5, 0.6) is 5.75 Å². The first kappa shape index (κ1) is 23.4. The first-order valence-electron chi connectivity index (χ1n) is 10.4. The summed E-state index contributed by atoms with van der Waals surface area (Å²) in [4.78, 5) is 14.8. The fraction of sp³-hybridized carbons (Fsp3) is 0.160. The maximum atomic E-state index is 13.0. The molecular formula is C25H21F2N3O3S. The van der Waals surface area contributed by atoms with Gasteiger partial charge < -0.3 is 14.1 Å². The minimum absolute atomic E-state index is 0.0351. The van der Waals surface area contributed by atoms with Crippen LogP contribution >= 0.6 is 11.8 Å². The first-order chi connectivity index (χ1) is 16.5. The molecule has 3 aromatic carbocycles. The van der Waals surface area contributed by atoms with Crippen LogP contribution < -0.4 is 4.74 Å². The molecule has 0 spiro atoms. The van der Waals surface area contributed by atoms with E-state index in [2.05, 4.69) is 14.9 Å². The zero-order chi connectivity index (χ0) is 23.9. The predicted octanol–water partition coefficient (Wildman–Crippen LogP) is 5.68. The number of hydrogen-bond acceptors (Lipinski definition) is 6. The Morgan fingerprint density at radius 1 is 0.941 bits per heavy atom. The standard InChI is InChI=1S/C25H21F2N3O3S/c1-30(22(17-8-4-2-5-9-17)18-10-6-3-7-11-18)21(31)16-34-25-29-28-23(33-25)19-12-14-20(15-13-19)32-24(26)27/h2-15,22,24H,16H2,1H3. The third-order valence-electron chi connectivity index (χ3n) is 5.06. The molecule has 1 aromatic heterocycles. The number of ether oxygens (including phenoxy) is 1. The smallest absolute Gasteiger partial charge is 0.387 e. The Hall–Kier alpha value is -3.72. The van der Waals surface area contributed by atoms with Crippen molar-refractivity contribution in [2.24, 2.45) is 0 Å². The lowest BCUT2D eigenvalue weighted by Crippen LogP contribution is -2.33. The first-order valence-corrected chi connectivity index (χ1v) is 11.4. The highest BCUT2D eigenvalue weighted by molar-refractivity contribution is 7.99.